The highest BCUT2D eigenvalue weighted by Gasteiger charge is 2.49. The number of allylic oxidation sites excluding steroid dienone is 6. The van der Waals surface area contributed by atoms with E-state index in [0.717, 1.165) is 31.3 Å². The summed E-state index contributed by atoms with van der Waals surface area (Å²) in [6.45, 7) is 12.3. The molecule has 21 heavy (non-hydrogen) atoms. The van der Waals surface area contributed by atoms with Crippen molar-refractivity contribution in [1.29, 1.82) is 0 Å². The molecule has 1 saturated carbocycles. The van der Waals surface area contributed by atoms with Crippen LogP contribution in [0.15, 0.2) is 48.6 Å². The molecule has 0 aromatic rings. The van der Waals surface area contributed by atoms with Gasteiger partial charge < -0.3 is 5.11 Å². The molecule has 114 valence electrons. The Bertz CT molecular complexity index is 512. The third-order valence-corrected chi connectivity index (χ3v) is 5.50. The highest BCUT2D eigenvalue weighted by Crippen LogP contribution is 2.55. The summed E-state index contributed by atoms with van der Waals surface area (Å²) in [5.74, 6) is -0.457. The quantitative estimate of drug-likeness (QED) is 0.757. The van der Waals surface area contributed by atoms with Gasteiger partial charge in [-0.2, -0.15) is 0 Å². The first kappa shape index (κ1) is 15.8. The molecule has 2 aliphatic rings. The predicted octanol–water partition coefficient (Wildman–Crippen LogP) is 4.76. The summed E-state index contributed by atoms with van der Waals surface area (Å²) in [5, 5.41) is 9.52. The van der Waals surface area contributed by atoms with Crippen molar-refractivity contribution in [3.8, 4) is 0 Å². The summed E-state index contributed by atoms with van der Waals surface area (Å²) >= 11 is 0. The molecule has 2 nitrogen and oxygen atoms in total. The highest BCUT2D eigenvalue weighted by atomic mass is 16.4. The molecule has 0 aromatic carbocycles. The van der Waals surface area contributed by atoms with Crippen molar-refractivity contribution in [3.05, 3.63) is 48.6 Å². The number of hydrogen-bond acceptors (Lipinski definition) is 1. The maximum absolute atomic E-state index is 11.6. The van der Waals surface area contributed by atoms with Gasteiger partial charge in [0.05, 0.1) is 5.92 Å². The van der Waals surface area contributed by atoms with Crippen LogP contribution in [-0.4, -0.2) is 11.1 Å². The van der Waals surface area contributed by atoms with Gasteiger partial charge >= 0.3 is 5.97 Å². The van der Waals surface area contributed by atoms with Gasteiger partial charge in [0.15, 0.2) is 0 Å². The van der Waals surface area contributed by atoms with Gasteiger partial charge in [-0.1, -0.05) is 62.0 Å². The van der Waals surface area contributed by atoms with Crippen LogP contribution >= 0.6 is 0 Å². The third-order valence-electron chi connectivity index (χ3n) is 5.50. The first-order valence-electron chi connectivity index (χ1n) is 7.79. The number of aliphatic carboxylic acids is 1. The number of carbonyl (C=O) groups is 1. The zero-order valence-corrected chi connectivity index (χ0v) is 13.1. The molecule has 0 amide bonds. The minimum absolute atomic E-state index is 0.00505. The molecule has 2 aliphatic carbocycles. The largest absolute Gasteiger partial charge is 0.481 e. The van der Waals surface area contributed by atoms with E-state index in [1.165, 1.54) is 5.57 Å². The fraction of sp³-hybridized carbons (Fsp3) is 0.526. The van der Waals surface area contributed by atoms with Crippen LogP contribution in [0.4, 0.5) is 0 Å². The number of carboxylic acid groups (broad SMARTS) is 1. The fourth-order valence-corrected chi connectivity index (χ4v) is 4.12. The Morgan fingerprint density at radius 1 is 1.57 bits per heavy atom. The molecule has 4 atom stereocenters. The average molecular weight is 286 g/mol. The number of carboxylic acids is 1. The van der Waals surface area contributed by atoms with Crippen LogP contribution in [0.25, 0.3) is 0 Å². The lowest BCUT2D eigenvalue weighted by Gasteiger charge is -2.51. The van der Waals surface area contributed by atoms with Gasteiger partial charge in [-0.05, 0) is 43.4 Å². The van der Waals surface area contributed by atoms with Gasteiger partial charge in [0, 0.05) is 0 Å². The molecule has 2 rings (SSSR count). The van der Waals surface area contributed by atoms with Gasteiger partial charge in [-0.15, -0.1) is 0 Å². The zero-order chi connectivity index (χ0) is 15.6. The molecule has 0 spiro atoms. The Morgan fingerprint density at radius 2 is 2.29 bits per heavy atom. The number of fused-ring (bicyclic) bond motifs is 1. The van der Waals surface area contributed by atoms with Gasteiger partial charge in [-0.25, -0.2) is 0 Å². The second-order valence-electron chi connectivity index (χ2n) is 6.74. The molecule has 1 N–H and O–H groups in total. The van der Waals surface area contributed by atoms with E-state index in [4.69, 9.17) is 0 Å². The maximum atomic E-state index is 11.6. The molecular weight excluding hydrogens is 260 g/mol. The van der Waals surface area contributed by atoms with Crippen LogP contribution in [0.2, 0.25) is 0 Å². The lowest BCUT2D eigenvalue weighted by atomic mass is 9.53. The van der Waals surface area contributed by atoms with Crippen LogP contribution in [0.3, 0.4) is 0 Å². The standard InChI is InChI=1S/C19H26O2/c1-5-13(2)8-10-16-14(3)9-11-17-15(18(20)21)7-6-12-19(16,17)4/h5,8-9,11,15-17H,1,3,6-7,10,12H2,2,4H3,(H,20,21)/b13-8+/t15-,16-,17-,19+/m0/s1. The summed E-state index contributed by atoms with van der Waals surface area (Å²) in [7, 11) is 0. The van der Waals surface area contributed by atoms with Crippen LogP contribution in [0, 0.1) is 23.2 Å². The number of rotatable bonds is 4. The molecule has 0 aromatic heterocycles. The molecule has 0 unspecified atom stereocenters. The summed E-state index contributed by atoms with van der Waals surface area (Å²) in [5.41, 5.74) is 2.31. The minimum Gasteiger partial charge on any atom is -0.481 e. The van der Waals surface area contributed by atoms with E-state index in [1.54, 1.807) is 0 Å². The Hall–Kier alpha value is -1.57. The van der Waals surface area contributed by atoms with Crippen molar-refractivity contribution < 1.29 is 9.90 Å². The molecule has 1 fully saturated rings. The minimum atomic E-state index is -0.653. The summed E-state index contributed by atoms with van der Waals surface area (Å²) in [6.07, 6.45) is 12.0. The van der Waals surface area contributed by atoms with Crippen molar-refractivity contribution in [1.82, 2.24) is 0 Å². The third kappa shape index (κ3) is 2.90. The lowest BCUT2D eigenvalue weighted by Crippen LogP contribution is -2.46. The lowest BCUT2D eigenvalue weighted by molar-refractivity contribution is -0.147. The second kappa shape index (κ2) is 6.05. The smallest absolute Gasteiger partial charge is 0.307 e. The fourth-order valence-electron chi connectivity index (χ4n) is 4.12. The predicted molar refractivity (Wildman–Crippen MR) is 86.9 cm³/mol. The molecule has 2 heteroatoms. The van der Waals surface area contributed by atoms with E-state index in [2.05, 4.69) is 45.2 Å². The molecule has 0 aliphatic heterocycles. The van der Waals surface area contributed by atoms with Crippen LogP contribution < -0.4 is 0 Å². The Kier molecular flexibility index (Phi) is 4.55. The van der Waals surface area contributed by atoms with Crippen molar-refractivity contribution >= 4 is 5.97 Å². The molecular formula is C19H26O2. The van der Waals surface area contributed by atoms with Crippen molar-refractivity contribution in [2.75, 3.05) is 0 Å². The molecule has 0 bridgehead atoms. The Labute approximate surface area is 127 Å². The van der Waals surface area contributed by atoms with E-state index >= 15 is 0 Å². The summed E-state index contributed by atoms with van der Waals surface area (Å²) in [6, 6.07) is 0. The maximum Gasteiger partial charge on any atom is 0.307 e. The van der Waals surface area contributed by atoms with Crippen molar-refractivity contribution in [3.63, 3.8) is 0 Å². The van der Waals surface area contributed by atoms with Gasteiger partial charge in [0.1, 0.15) is 0 Å². The Morgan fingerprint density at radius 3 is 2.90 bits per heavy atom. The number of hydrogen-bond donors (Lipinski definition) is 1. The van der Waals surface area contributed by atoms with E-state index in [-0.39, 0.29) is 17.3 Å². The first-order chi connectivity index (χ1) is 9.90. The zero-order valence-electron chi connectivity index (χ0n) is 13.1. The highest BCUT2D eigenvalue weighted by molar-refractivity contribution is 5.71. The second-order valence-corrected chi connectivity index (χ2v) is 6.74. The van der Waals surface area contributed by atoms with Gasteiger partial charge in [0.2, 0.25) is 0 Å². The summed E-state index contributed by atoms with van der Waals surface area (Å²) < 4.78 is 0. The SMILES string of the molecule is C=C/C(C)=C/C[C@H]1C(=C)C=C[C@H]2[C@@H](C(=O)O)CCC[C@]12C. The van der Waals surface area contributed by atoms with Crippen LogP contribution in [0.1, 0.15) is 39.5 Å². The molecule has 0 heterocycles. The van der Waals surface area contributed by atoms with Crippen LogP contribution in [-0.2, 0) is 4.79 Å². The molecule has 0 saturated heterocycles. The first-order valence-corrected chi connectivity index (χ1v) is 7.79. The van der Waals surface area contributed by atoms with Crippen molar-refractivity contribution in [2.45, 2.75) is 39.5 Å². The summed E-state index contributed by atoms with van der Waals surface area (Å²) in [4.78, 5) is 11.6. The van der Waals surface area contributed by atoms with E-state index < -0.39 is 5.97 Å². The van der Waals surface area contributed by atoms with Crippen LogP contribution in [0.5, 0.6) is 0 Å². The van der Waals surface area contributed by atoms with Gasteiger partial charge in [-0.3, -0.25) is 4.79 Å². The topological polar surface area (TPSA) is 37.3 Å². The Balaban J connectivity index is 2.33. The van der Waals surface area contributed by atoms with Gasteiger partial charge in [0.25, 0.3) is 0 Å². The monoisotopic (exact) mass is 286 g/mol. The normalized spacial score (nSPS) is 36.2. The van der Waals surface area contributed by atoms with E-state index in [9.17, 15) is 9.90 Å². The average Bonchev–Trinajstić information content (AvgIpc) is 2.44. The molecule has 0 radical (unpaired) electrons. The van der Waals surface area contributed by atoms with E-state index in [0.29, 0.717) is 5.92 Å². The van der Waals surface area contributed by atoms with E-state index in [1.807, 2.05) is 6.08 Å². The van der Waals surface area contributed by atoms with Crippen molar-refractivity contribution in [2.24, 2.45) is 23.2 Å².